The van der Waals surface area contributed by atoms with Gasteiger partial charge in [-0.05, 0) is 12.8 Å². The molecule has 80 valence electrons. The average Bonchev–Trinajstić information content (AvgIpc) is 2.11. The molecule has 0 bridgehead atoms. The highest BCUT2D eigenvalue weighted by Gasteiger charge is 2.01. The van der Waals surface area contributed by atoms with Gasteiger partial charge in [0.1, 0.15) is 0 Å². The molecule has 1 heteroatoms. The zero-order valence-corrected chi connectivity index (χ0v) is 11.5. The summed E-state index contributed by atoms with van der Waals surface area (Å²) < 4.78 is 0.939. The fourth-order valence-corrected chi connectivity index (χ4v) is 2.67. The Morgan fingerprint density at radius 3 is 2.00 bits per heavy atom. The summed E-state index contributed by atoms with van der Waals surface area (Å²) in [6.45, 7) is 4.56. The Balaban J connectivity index is 2.97. The second kappa shape index (κ2) is 10.8. The first-order valence-electron chi connectivity index (χ1n) is 5.95. The highest BCUT2D eigenvalue weighted by Crippen LogP contribution is 2.17. The molecule has 0 aromatic carbocycles. The van der Waals surface area contributed by atoms with Crippen molar-refractivity contribution in [1.29, 1.82) is 0 Å². The van der Waals surface area contributed by atoms with Gasteiger partial charge in [0, 0.05) is 3.92 Å². The van der Waals surface area contributed by atoms with Crippen molar-refractivity contribution < 1.29 is 0 Å². The molecule has 0 aliphatic heterocycles. The van der Waals surface area contributed by atoms with Crippen molar-refractivity contribution in [1.82, 2.24) is 0 Å². The van der Waals surface area contributed by atoms with Gasteiger partial charge in [-0.3, -0.25) is 0 Å². The van der Waals surface area contributed by atoms with E-state index >= 15 is 0 Å². The van der Waals surface area contributed by atoms with E-state index in [1.165, 1.54) is 57.8 Å². The van der Waals surface area contributed by atoms with Crippen LogP contribution in [-0.2, 0) is 0 Å². The molecule has 1 atom stereocenters. The smallest absolute Gasteiger partial charge is 0.0109 e. The maximum Gasteiger partial charge on any atom is 0.0109 e. The van der Waals surface area contributed by atoms with Gasteiger partial charge in [0.05, 0.1) is 0 Å². The third-order valence-corrected chi connectivity index (χ3v) is 3.72. The van der Waals surface area contributed by atoms with Crippen LogP contribution in [0.1, 0.15) is 71.6 Å². The van der Waals surface area contributed by atoms with Crippen molar-refractivity contribution in [2.45, 2.75) is 75.6 Å². The van der Waals surface area contributed by atoms with Gasteiger partial charge >= 0.3 is 0 Å². The first-order valence-corrected chi connectivity index (χ1v) is 7.19. The SMILES string of the molecule is CCCCCCCCC(I)CCC. The Bertz CT molecular complexity index is 91.1. The van der Waals surface area contributed by atoms with E-state index in [2.05, 4.69) is 36.4 Å². The first kappa shape index (κ1) is 13.7. The van der Waals surface area contributed by atoms with Gasteiger partial charge in [-0.2, -0.15) is 0 Å². The van der Waals surface area contributed by atoms with Crippen LogP contribution in [0.4, 0.5) is 0 Å². The number of halogens is 1. The van der Waals surface area contributed by atoms with Crippen LogP contribution in [0.5, 0.6) is 0 Å². The Kier molecular flexibility index (Phi) is 11.4. The number of alkyl halides is 1. The van der Waals surface area contributed by atoms with E-state index in [1.54, 1.807) is 0 Å². The van der Waals surface area contributed by atoms with E-state index in [0.717, 1.165) is 3.92 Å². The van der Waals surface area contributed by atoms with Crippen LogP contribution in [0.3, 0.4) is 0 Å². The molecule has 1 unspecified atom stereocenters. The molecule has 0 aromatic rings. The van der Waals surface area contributed by atoms with Crippen LogP contribution in [-0.4, -0.2) is 3.92 Å². The molecule has 0 amide bonds. The summed E-state index contributed by atoms with van der Waals surface area (Å²) in [4.78, 5) is 0. The zero-order valence-electron chi connectivity index (χ0n) is 9.32. The van der Waals surface area contributed by atoms with Gasteiger partial charge in [-0.1, -0.05) is 81.4 Å². The second-order valence-corrected chi connectivity index (χ2v) is 5.70. The maximum atomic E-state index is 2.61. The molecular weight excluding hydrogens is 271 g/mol. The lowest BCUT2D eigenvalue weighted by Crippen LogP contribution is -1.96. The molecular formula is C12H25I. The lowest BCUT2D eigenvalue weighted by atomic mass is 10.1. The van der Waals surface area contributed by atoms with Gasteiger partial charge in [-0.25, -0.2) is 0 Å². The quantitative estimate of drug-likeness (QED) is 0.306. The largest absolute Gasteiger partial charge is 0.0826 e. The van der Waals surface area contributed by atoms with Crippen molar-refractivity contribution in [2.24, 2.45) is 0 Å². The van der Waals surface area contributed by atoms with Gasteiger partial charge in [0.25, 0.3) is 0 Å². The van der Waals surface area contributed by atoms with Gasteiger partial charge in [0.15, 0.2) is 0 Å². The molecule has 0 spiro atoms. The monoisotopic (exact) mass is 296 g/mol. The van der Waals surface area contributed by atoms with Crippen LogP contribution in [0.15, 0.2) is 0 Å². The lowest BCUT2D eigenvalue weighted by molar-refractivity contribution is 0.575. The molecule has 0 nitrogen and oxygen atoms in total. The zero-order chi connectivity index (χ0) is 9.94. The van der Waals surface area contributed by atoms with Crippen molar-refractivity contribution in [3.05, 3.63) is 0 Å². The molecule has 0 N–H and O–H groups in total. The first-order chi connectivity index (χ1) is 6.31. The Morgan fingerprint density at radius 2 is 1.38 bits per heavy atom. The third kappa shape index (κ3) is 10.7. The predicted octanol–water partition coefficient (Wildman–Crippen LogP) is 5.34. The molecule has 0 aliphatic rings. The molecule has 0 heterocycles. The summed E-state index contributed by atoms with van der Waals surface area (Å²) in [5.74, 6) is 0. The molecule has 0 saturated carbocycles. The summed E-state index contributed by atoms with van der Waals surface area (Å²) in [6, 6.07) is 0. The second-order valence-electron chi connectivity index (χ2n) is 3.94. The minimum atomic E-state index is 0.939. The maximum absolute atomic E-state index is 2.61. The van der Waals surface area contributed by atoms with Gasteiger partial charge in [0.2, 0.25) is 0 Å². The molecule has 0 aliphatic carbocycles. The van der Waals surface area contributed by atoms with Gasteiger partial charge in [-0.15, -0.1) is 0 Å². The lowest BCUT2D eigenvalue weighted by Gasteiger charge is -2.07. The molecule has 0 aromatic heterocycles. The predicted molar refractivity (Wildman–Crippen MR) is 70.7 cm³/mol. The molecule has 0 saturated heterocycles. The Hall–Kier alpha value is 0.730. The van der Waals surface area contributed by atoms with Crippen LogP contribution in [0.2, 0.25) is 0 Å². The van der Waals surface area contributed by atoms with E-state index in [4.69, 9.17) is 0 Å². The van der Waals surface area contributed by atoms with E-state index in [9.17, 15) is 0 Å². The third-order valence-electron chi connectivity index (χ3n) is 2.47. The topological polar surface area (TPSA) is 0 Å². The molecule has 0 fully saturated rings. The van der Waals surface area contributed by atoms with Crippen molar-refractivity contribution in [3.8, 4) is 0 Å². The minimum absolute atomic E-state index is 0.939. The van der Waals surface area contributed by atoms with E-state index in [0.29, 0.717) is 0 Å². The van der Waals surface area contributed by atoms with E-state index in [1.807, 2.05) is 0 Å². The normalized spacial score (nSPS) is 13.2. The summed E-state index contributed by atoms with van der Waals surface area (Å²) >= 11 is 2.61. The van der Waals surface area contributed by atoms with Crippen molar-refractivity contribution in [2.75, 3.05) is 0 Å². The molecule has 0 radical (unpaired) electrons. The Labute approximate surface area is 98.0 Å². The summed E-state index contributed by atoms with van der Waals surface area (Å²) in [5.41, 5.74) is 0. The van der Waals surface area contributed by atoms with Crippen molar-refractivity contribution >= 4 is 22.6 Å². The van der Waals surface area contributed by atoms with Crippen molar-refractivity contribution in [3.63, 3.8) is 0 Å². The van der Waals surface area contributed by atoms with Crippen LogP contribution in [0.25, 0.3) is 0 Å². The highest BCUT2D eigenvalue weighted by atomic mass is 127. The van der Waals surface area contributed by atoms with Gasteiger partial charge < -0.3 is 0 Å². The summed E-state index contributed by atoms with van der Waals surface area (Å²) in [6.07, 6.45) is 12.8. The fraction of sp³-hybridized carbons (Fsp3) is 1.00. The number of unbranched alkanes of at least 4 members (excludes halogenated alkanes) is 5. The average molecular weight is 296 g/mol. The Morgan fingerprint density at radius 1 is 0.769 bits per heavy atom. The fourth-order valence-electron chi connectivity index (χ4n) is 1.60. The van der Waals surface area contributed by atoms with E-state index < -0.39 is 0 Å². The van der Waals surface area contributed by atoms with Crippen LogP contribution in [0, 0.1) is 0 Å². The number of hydrogen-bond donors (Lipinski definition) is 0. The summed E-state index contributed by atoms with van der Waals surface area (Å²) in [5, 5.41) is 0. The molecule has 0 rings (SSSR count). The van der Waals surface area contributed by atoms with Crippen LogP contribution >= 0.6 is 22.6 Å². The standard InChI is InChI=1S/C12H25I/c1-3-5-6-7-8-9-11-12(13)10-4-2/h12H,3-11H2,1-2H3. The number of hydrogen-bond acceptors (Lipinski definition) is 0. The van der Waals surface area contributed by atoms with Crippen LogP contribution < -0.4 is 0 Å². The molecule has 13 heavy (non-hydrogen) atoms. The minimum Gasteiger partial charge on any atom is -0.0826 e. The number of rotatable bonds is 9. The summed E-state index contributed by atoms with van der Waals surface area (Å²) in [7, 11) is 0. The van der Waals surface area contributed by atoms with E-state index in [-0.39, 0.29) is 0 Å². The highest BCUT2D eigenvalue weighted by molar-refractivity contribution is 14.1.